The maximum absolute atomic E-state index is 12.6. The maximum Gasteiger partial charge on any atom is 0.416 e. The minimum Gasteiger partial charge on any atom is -0.240 e. The smallest absolute Gasteiger partial charge is 0.240 e. The van der Waals surface area contributed by atoms with E-state index in [1.165, 1.54) is 12.4 Å². The highest BCUT2D eigenvalue weighted by Crippen LogP contribution is 2.32. The van der Waals surface area contributed by atoms with Gasteiger partial charge in [0.25, 0.3) is 0 Å². The van der Waals surface area contributed by atoms with Gasteiger partial charge in [-0.3, -0.25) is 0 Å². The lowest BCUT2D eigenvalue weighted by Crippen LogP contribution is -2.05. The number of fused-ring (bicyclic) bond motifs is 1. The molecule has 0 aliphatic rings. The van der Waals surface area contributed by atoms with E-state index in [-0.39, 0.29) is 5.92 Å². The van der Waals surface area contributed by atoms with Gasteiger partial charge in [-0.15, -0.1) is 0 Å². The molecular formula is C12H11F3N2. The van der Waals surface area contributed by atoms with Crippen LogP contribution >= 0.6 is 0 Å². The second-order valence-electron chi connectivity index (χ2n) is 4.14. The molecule has 90 valence electrons. The number of benzene rings is 1. The van der Waals surface area contributed by atoms with Crippen LogP contribution in [0.25, 0.3) is 10.9 Å². The van der Waals surface area contributed by atoms with Gasteiger partial charge in [0.1, 0.15) is 6.33 Å². The second-order valence-corrected chi connectivity index (χ2v) is 4.14. The summed E-state index contributed by atoms with van der Waals surface area (Å²) in [6.45, 7) is 3.78. The number of hydrogen-bond acceptors (Lipinski definition) is 2. The molecule has 0 fully saturated rings. The monoisotopic (exact) mass is 240 g/mol. The third-order valence-electron chi connectivity index (χ3n) is 2.54. The Hall–Kier alpha value is -1.65. The van der Waals surface area contributed by atoms with E-state index in [1.807, 2.05) is 13.8 Å². The van der Waals surface area contributed by atoms with Crippen LogP contribution in [0.15, 0.2) is 24.5 Å². The third-order valence-corrected chi connectivity index (χ3v) is 2.54. The standard InChI is InChI=1S/C12H11F3N2/c1-7(2)11-9-5-8(12(13,14)15)3-4-10(9)16-6-17-11/h3-7H,1-2H3. The highest BCUT2D eigenvalue weighted by atomic mass is 19.4. The van der Waals surface area contributed by atoms with Gasteiger partial charge in [-0.1, -0.05) is 13.8 Å². The Labute approximate surface area is 96.5 Å². The van der Waals surface area contributed by atoms with Crippen LogP contribution in [0.2, 0.25) is 0 Å². The summed E-state index contributed by atoms with van der Waals surface area (Å²) in [5.74, 6) is 0.0592. The summed E-state index contributed by atoms with van der Waals surface area (Å²) < 4.78 is 37.8. The van der Waals surface area contributed by atoms with Gasteiger partial charge in [0.15, 0.2) is 0 Å². The Morgan fingerprint density at radius 2 is 1.82 bits per heavy atom. The predicted molar refractivity (Wildman–Crippen MR) is 58.6 cm³/mol. The van der Waals surface area contributed by atoms with Crippen LogP contribution in [0.3, 0.4) is 0 Å². The van der Waals surface area contributed by atoms with Crippen LogP contribution < -0.4 is 0 Å². The summed E-state index contributed by atoms with van der Waals surface area (Å²) in [6, 6.07) is 3.54. The molecule has 2 nitrogen and oxygen atoms in total. The average Bonchev–Trinajstić information content (AvgIpc) is 2.26. The van der Waals surface area contributed by atoms with Crippen molar-refractivity contribution in [2.75, 3.05) is 0 Å². The van der Waals surface area contributed by atoms with Crippen LogP contribution in [-0.2, 0) is 6.18 Å². The van der Waals surface area contributed by atoms with Crippen molar-refractivity contribution in [1.29, 1.82) is 0 Å². The predicted octanol–water partition coefficient (Wildman–Crippen LogP) is 3.77. The maximum atomic E-state index is 12.6. The summed E-state index contributed by atoms with van der Waals surface area (Å²) >= 11 is 0. The van der Waals surface area contributed by atoms with Crippen LogP contribution in [0.4, 0.5) is 13.2 Å². The second kappa shape index (κ2) is 3.98. The number of halogens is 3. The first-order valence-electron chi connectivity index (χ1n) is 5.21. The molecule has 0 unspecified atom stereocenters. The Kier molecular flexibility index (Phi) is 2.77. The van der Waals surface area contributed by atoms with Gasteiger partial charge >= 0.3 is 6.18 Å². The molecule has 0 aliphatic heterocycles. The van der Waals surface area contributed by atoms with Crippen molar-refractivity contribution in [3.05, 3.63) is 35.8 Å². The van der Waals surface area contributed by atoms with E-state index in [4.69, 9.17) is 0 Å². The summed E-state index contributed by atoms with van der Waals surface area (Å²) in [7, 11) is 0. The molecule has 1 aromatic heterocycles. The molecule has 2 rings (SSSR count). The number of aromatic nitrogens is 2. The van der Waals surface area contributed by atoms with Gasteiger partial charge in [-0.05, 0) is 24.1 Å². The summed E-state index contributed by atoms with van der Waals surface area (Å²) in [5, 5.41) is 0.470. The van der Waals surface area contributed by atoms with E-state index in [1.54, 1.807) is 0 Å². The first kappa shape index (κ1) is 11.8. The zero-order valence-corrected chi connectivity index (χ0v) is 9.42. The van der Waals surface area contributed by atoms with Crippen molar-refractivity contribution in [1.82, 2.24) is 9.97 Å². The van der Waals surface area contributed by atoms with Crippen molar-refractivity contribution in [2.45, 2.75) is 25.9 Å². The fraction of sp³-hybridized carbons (Fsp3) is 0.333. The molecule has 0 amide bonds. The van der Waals surface area contributed by atoms with Gasteiger partial charge in [0.05, 0.1) is 16.8 Å². The highest BCUT2D eigenvalue weighted by Gasteiger charge is 2.30. The van der Waals surface area contributed by atoms with Crippen molar-refractivity contribution in [2.24, 2.45) is 0 Å². The zero-order chi connectivity index (χ0) is 12.6. The van der Waals surface area contributed by atoms with E-state index in [0.717, 1.165) is 12.1 Å². The fourth-order valence-electron chi connectivity index (χ4n) is 1.71. The lowest BCUT2D eigenvalue weighted by atomic mass is 10.0. The highest BCUT2D eigenvalue weighted by molar-refractivity contribution is 5.82. The van der Waals surface area contributed by atoms with E-state index < -0.39 is 11.7 Å². The molecule has 0 saturated carbocycles. The molecule has 0 atom stereocenters. The van der Waals surface area contributed by atoms with Crippen LogP contribution in [-0.4, -0.2) is 9.97 Å². The van der Waals surface area contributed by atoms with Gasteiger partial charge < -0.3 is 0 Å². The zero-order valence-electron chi connectivity index (χ0n) is 9.42. The molecule has 1 heterocycles. The van der Waals surface area contributed by atoms with Gasteiger partial charge in [0.2, 0.25) is 0 Å². The summed E-state index contributed by atoms with van der Waals surface area (Å²) in [6.07, 6.45) is -2.96. The van der Waals surface area contributed by atoms with Crippen LogP contribution in [0.5, 0.6) is 0 Å². The molecule has 0 radical (unpaired) electrons. The van der Waals surface area contributed by atoms with E-state index in [2.05, 4.69) is 9.97 Å². The fourth-order valence-corrected chi connectivity index (χ4v) is 1.71. The van der Waals surface area contributed by atoms with Gasteiger partial charge in [-0.2, -0.15) is 13.2 Å². The molecule has 0 N–H and O–H groups in total. The van der Waals surface area contributed by atoms with Crippen molar-refractivity contribution < 1.29 is 13.2 Å². The molecule has 0 saturated heterocycles. The summed E-state index contributed by atoms with van der Waals surface area (Å²) in [5.41, 5.74) is 0.513. The molecule has 5 heteroatoms. The van der Waals surface area contributed by atoms with Crippen LogP contribution in [0, 0.1) is 0 Å². The largest absolute Gasteiger partial charge is 0.416 e. The molecular weight excluding hydrogens is 229 g/mol. The van der Waals surface area contributed by atoms with Gasteiger partial charge in [0, 0.05) is 5.39 Å². The van der Waals surface area contributed by atoms with Crippen LogP contribution in [0.1, 0.15) is 31.0 Å². The van der Waals surface area contributed by atoms with Crippen molar-refractivity contribution in [3.8, 4) is 0 Å². The quantitative estimate of drug-likeness (QED) is 0.758. The Balaban J connectivity index is 2.70. The third kappa shape index (κ3) is 2.23. The Bertz CT molecular complexity index is 547. The SMILES string of the molecule is CC(C)c1ncnc2ccc(C(F)(F)F)cc12. The average molecular weight is 240 g/mol. The first-order valence-corrected chi connectivity index (χ1v) is 5.21. The molecule has 2 aromatic rings. The lowest BCUT2D eigenvalue weighted by molar-refractivity contribution is -0.137. The minimum absolute atomic E-state index is 0.0592. The molecule has 1 aromatic carbocycles. The normalized spacial score (nSPS) is 12.4. The molecule has 0 bridgehead atoms. The Morgan fingerprint density at radius 3 is 2.41 bits per heavy atom. The van der Waals surface area contributed by atoms with Crippen molar-refractivity contribution in [3.63, 3.8) is 0 Å². The van der Waals surface area contributed by atoms with Gasteiger partial charge in [-0.25, -0.2) is 9.97 Å². The van der Waals surface area contributed by atoms with E-state index >= 15 is 0 Å². The topological polar surface area (TPSA) is 25.8 Å². The van der Waals surface area contributed by atoms with Crippen molar-refractivity contribution >= 4 is 10.9 Å². The number of nitrogens with zero attached hydrogens (tertiary/aromatic N) is 2. The molecule has 0 spiro atoms. The van der Waals surface area contributed by atoms with E-state index in [0.29, 0.717) is 16.6 Å². The van der Waals surface area contributed by atoms with E-state index in [9.17, 15) is 13.2 Å². The number of alkyl halides is 3. The minimum atomic E-state index is -4.34. The molecule has 0 aliphatic carbocycles. The number of rotatable bonds is 1. The number of hydrogen-bond donors (Lipinski definition) is 0. The lowest BCUT2D eigenvalue weighted by Gasteiger charge is -2.11. The molecule has 17 heavy (non-hydrogen) atoms. The summed E-state index contributed by atoms with van der Waals surface area (Å²) in [4.78, 5) is 8.02. The Morgan fingerprint density at radius 1 is 1.12 bits per heavy atom. The first-order chi connectivity index (χ1) is 7.89.